The van der Waals surface area contributed by atoms with Crippen molar-refractivity contribution < 1.29 is 27.5 Å². The van der Waals surface area contributed by atoms with Gasteiger partial charge < -0.3 is 19.7 Å². The highest BCUT2D eigenvalue weighted by Gasteiger charge is 2.34. The zero-order valence-electron chi connectivity index (χ0n) is 25.1. The van der Waals surface area contributed by atoms with Crippen molar-refractivity contribution in [3.05, 3.63) is 120 Å². The Morgan fingerprint density at radius 1 is 0.773 bits per heavy atom. The van der Waals surface area contributed by atoms with Crippen LogP contribution in [0.25, 0.3) is 0 Å². The Hall–Kier alpha value is -4.83. The van der Waals surface area contributed by atoms with Crippen LogP contribution < -0.4 is 19.1 Å². The molecule has 0 fully saturated rings. The van der Waals surface area contributed by atoms with E-state index in [2.05, 4.69) is 5.32 Å². The molecule has 9 nitrogen and oxygen atoms in total. The third-order valence-corrected chi connectivity index (χ3v) is 8.87. The van der Waals surface area contributed by atoms with Crippen LogP contribution in [0.5, 0.6) is 11.5 Å². The van der Waals surface area contributed by atoms with E-state index in [4.69, 9.17) is 9.47 Å². The van der Waals surface area contributed by atoms with E-state index in [-0.39, 0.29) is 29.5 Å². The molecule has 4 aromatic carbocycles. The minimum Gasteiger partial charge on any atom is -0.493 e. The fourth-order valence-electron chi connectivity index (χ4n) is 4.85. The summed E-state index contributed by atoms with van der Waals surface area (Å²) < 4.78 is 40.0. The van der Waals surface area contributed by atoms with Gasteiger partial charge in [-0.2, -0.15) is 0 Å². The van der Waals surface area contributed by atoms with E-state index in [9.17, 15) is 18.0 Å². The molecule has 0 saturated carbocycles. The first-order chi connectivity index (χ1) is 21.3. The Morgan fingerprint density at radius 3 is 1.91 bits per heavy atom. The normalized spacial score (nSPS) is 11.7. The largest absolute Gasteiger partial charge is 0.493 e. The Kier molecular flexibility index (Phi) is 11.0. The van der Waals surface area contributed by atoms with Crippen LogP contribution in [0.3, 0.4) is 0 Å². The molecule has 0 unspecified atom stereocenters. The number of nitrogens with one attached hydrogen (secondary N) is 1. The molecule has 0 spiro atoms. The van der Waals surface area contributed by atoms with Gasteiger partial charge in [0.25, 0.3) is 10.0 Å². The molecule has 4 aromatic rings. The quantitative estimate of drug-likeness (QED) is 0.221. The summed E-state index contributed by atoms with van der Waals surface area (Å²) in [7, 11) is -1.30. The summed E-state index contributed by atoms with van der Waals surface area (Å²) in [6.07, 6.45) is 0.243. The first kappa shape index (κ1) is 32.1. The third kappa shape index (κ3) is 7.76. The van der Waals surface area contributed by atoms with Crippen molar-refractivity contribution in [1.29, 1.82) is 0 Å². The van der Waals surface area contributed by atoms with Crippen LogP contribution in [0, 0.1) is 0 Å². The van der Waals surface area contributed by atoms with E-state index in [1.54, 1.807) is 30.3 Å². The summed E-state index contributed by atoms with van der Waals surface area (Å²) in [6, 6.07) is 30.4. The van der Waals surface area contributed by atoms with Crippen LogP contribution in [0.4, 0.5) is 5.69 Å². The van der Waals surface area contributed by atoms with Crippen LogP contribution in [-0.2, 0) is 32.6 Å². The van der Waals surface area contributed by atoms with Crippen molar-refractivity contribution in [1.82, 2.24) is 10.2 Å². The number of carbonyl (C=O) groups excluding carboxylic acids is 2. The standard InChI is InChI=1S/C34H37N3O6S/c1-4-35-34(39)30(22-26-14-8-5-9-15-26)36(24-27-16-10-6-11-17-27)33(38)25-37(44(40,41)29-18-12-7-13-19-29)28-20-21-31(42-2)32(23-28)43-3/h5-21,23,30H,4,22,24-25H2,1-3H3,(H,35,39)/t30-/m0/s1. The van der Waals surface area contributed by atoms with Gasteiger partial charge in [-0.1, -0.05) is 78.9 Å². The topological polar surface area (TPSA) is 105 Å². The number of carbonyl (C=O) groups is 2. The van der Waals surface area contributed by atoms with Gasteiger partial charge in [0.05, 0.1) is 24.8 Å². The van der Waals surface area contributed by atoms with Crippen molar-refractivity contribution in [2.45, 2.75) is 30.8 Å². The zero-order chi connectivity index (χ0) is 31.5. The predicted molar refractivity (Wildman–Crippen MR) is 170 cm³/mol. The SMILES string of the molecule is CCNC(=O)[C@H](Cc1ccccc1)N(Cc1ccccc1)C(=O)CN(c1ccc(OC)c(OC)c1)S(=O)(=O)c1ccccc1. The molecular weight excluding hydrogens is 578 g/mol. The molecule has 0 heterocycles. The van der Waals surface area contributed by atoms with Crippen LogP contribution in [-0.4, -0.2) is 58.5 Å². The van der Waals surface area contributed by atoms with E-state index in [1.165, 1.54) is 37.3 Å². The molecular formula is C34H37N3O6S. The number of rotatable bonds is 14. The average molecular weight is 616 g/mol. The lowest BCUT2D eigenvalue weighted by molar-refractivity contribution is -0.140. The maximum Gasteiger partial charge on any atom is 0.264 e. The maximum atomic E-state index is 14.4. The van der Waals surface area contributed by atoms with E-state index < -0.39 is 28.5 Å². The van der Waals surface area contributed by atoms with Gasteiger partial charge in [0.15, 0.2) is 11.5 Å². The van der Waals surface area contributed by atoms with Crippen LogP contribution in [0.2, 0.25) is 0 Å². The number of amides is 2. The Balaban J connectivity index is 1.81. The summed E-state index contributed by atoms with van der Waals surface area (Å²) in [5, 5.41) is 2.86. The van der Waals surface area contributed by atoms with E-state index in [0.717, 1.165) is 15.4 Å². The molecule has 0 saturated heterocycles. The molecule has 230 valence electrons. The Bertz CT molecular complexity index is 1630. The Morgan fingerprint density at radius 2 is 1.34 bits per heavy atom. The second kappa shape index (κ2) is 15.1. The minimum absolute atomic E-state index is 0.0155. The number of hydrogen-bond acceptors (Lipinski definition) is 6. The first-order valence-electron chi connectivity index (χ1n) is 14.2. The highest BCUT2D eigenvalue weighted by Crippen LogP contribution is 2.34. The monoisotopic (exact) mass is 615 g/mol. The van der Waals surface area contributed by atoms with Crippen LogP contribution in [0.1, 0.15) is 18.1 Å². The fourth-order valence-corrected chi connectivity index (χ4v) is 6.28. The van der Waals surface area contributed by atoms with Crippen molar-refractivity contribution in [3.63, 3.8) is 0 Å². The van der Waals surface area contributed by atoms with E-state index >= 15 is 0 Å². The number of hydrogen-bond donors (Lipinski definition) is 1. The van der Waals surface area contributed by atoms with Crippen molar-refractivity contribution in [2.24, 2.45) is 0 Å². The lowest BCUT2D eigenvalue weighted by atomic mass is 10.0. The fraction of sp³-hybridized carbons (Fsp3) is 0.235. The average Bonchev–Trinajstić information content (AvgIpc) is 3.06. The zero-order valence-corrected chi connectivity index (χ0v) is 25.9. The number of methoxy groups -OCH3 is 2. The lowest BCUT2D eigenvalue weighted by Crippen LogP contribution is -2.53. The van der Waals surface area contributed by atoms with Gasteiger partial charge in [0, 0.05) is 25.6 Å². The second-order valence-corrected chi connectivity index (χ2v) is 11.8. The predicted octanol–water partition coefficient (Wildman–Crippen LogP) is 4.68. The van der Waals surface area contributed by atoms with Gasteiger partial charge in [-0.15, -0.1) is 0 Å². The van der Waals surface area contributed by atoms with Gasteiger partial charge in [0.2, 0.25) is 11.8 Å². The molecule has 1 N–H and O–H groups in total. The maximum absolute atomic E-state index is 14.4. The molecule has 0 aliphatic rings. The number of likely N-dealkylation sites (N-methyl/N-ethyl adjacent to an activating group) is 1. The summed E-state index contributed by atoms with van der Waals surface area (Å²) >= 11 is 0. The van der Waals surface area contributed by atoms with Crippen molar-refractivity contribution in [3.8, 4) is 11.5 Å². The molecule has 44 heavy (non-hydrogen) atoms. The number of nitrogens with zero attached hydrogens (tertiary/aromatic N) is 2. The third-order valence-electron chi connectivity index (χ3n) is 7.08. The highest BCUT2D eigenvalue weighted by molar-refractivity contribution is 7.92. The smallest absolute Gasteiger partial charge is 0.264 e. The number of ether oxygens (including phenoxy) is 2. The molecule has 10 heteroatoms. The van der Waals surface area contributed by atoms with Crippen LogP contribution in [0.15, 0.2) is 114 Å². The second-order valence-electron chi connectivity index (χ2n) is 9.97. The first-order valence-corrected chi connectivity index (χ1v) is 15.7. The molecule has 0 bridgehead atoms. The van der Waals surface area contributed by atoms with Gasteiger partial charge in [0.1, 0.15) is 12.6 Å². The Labute approximate surface area is 259 Å². The minimum atomic E-state index is -4.23. The molecule has 0 radical (unpaired) electrons. The van der Waals surface area contributed by atoms with Crippen molar-refractivity contribution >= 4 is 27.5 Å². The van der Waals surface area contributed by atoms with Gasteiger partial charge in [-0.25, -0.2) is 8.42 Å². The number of sulfonamides is 1. The van der Waals surface area contributed by atoms with E-state index in [0.29, 0.717) is 18.0 Å². The number of benzene rings is 4. The number of anilines is 1. The lowest BCUT2D eigenvalue weighted by Gasteiger charge is -2.34. The molecule has 4 rings (SSSR count). The van der Waals surface area contributed by atoms with Gasteiger partial charge >= 0.3 is 0 Å². The summed E-state index contributed by atoms with van der Waals surface area (Å²) in [6.45, 7) is 1.72. The van der Waals surface area contributed by atoms with E-state index in [1.807, 2.05) is 67.6 Å². The molecule has 0 aliphatic heterocycles. The van der Waals surface area contributed by atoms with Gasteiger partial charge in [-0.05, 0) is 42.3 Å². The molecule has 0 aliphatic carbocycles. The molecule has 2 amide bonds. The van der Waals surface area contributed by atoms with Gasteiger partial charge in [-0.3, -0.25) is 13.9 Å². The van der Waals surface area contributed by atoms with Crippen molar-refractivity contribution in [2.75, 3.05) is 31.6 Å². The highest BCUT2D eigenvalue weighted by atomic mass is 32.2. The summed E-state index contributed by atoms with van der Waals surface area (Å²) in [4.78, 5) is 29.4. The molecule has 1 atom stereocenters. The summed E-state index contributed by atoms with van der Waals surface area (Å²) in [5.41, 5.74) is 1.87. The van der Waals surface area contributed by atoms with Crippen LogP contribution >= 0.6 is 0 Å². The molecule has 0 aromatic heterocycles. The summed E-state index contributed by atoms with van der Waals surface area (Å²) in [5.74, 6) is -0.167.